The molecule has 0 saturated heterocycles. The Morgan fingerprint density at radius 3 is 2.41 bits per heavy atom. The molecule has 0 bridgehead atoms. The van der Waals surface area contributed by atoms with Gasteiger partial charge < -0.3 is 10.0 Å². The summed E-state index contributed by atoms with van der Waals surface area (Å²) in [6.45, 7) is 7.77. The minimum absolute atomic E-state index is 0.0767. The van der Waals surface area contributed by atoms with Crippen LogP contribution in [0, 0.1) is 0 Å². The molecule has 0 aliphatic heterocycles. The molecule has 0 atom stereocenters. The third kappa shape index (κ3) is 3.03. The third-order valence-electron chi connectivity index (χ3n) is 2.66. The number of pyridine rings is 1. The molecule has 0 unspecified atom stereocenters. The second-order valence-electron chi connectivity index (χ2n) is 4.59. The van der Waals surface area contributed by atoms with Crippen LogP contribution in [0.4, 0.5) is 0 Å². The molecule has 94 valence electrons. The zero-order valence-electron chi connectivity index (χ0n) is 10.8. The highest BCUT2D eigenvalue weighted by molar-refractivity contribution is 5.95. The van der Waals surface area contributed by atoms with Crippen LogP contribution in [-0.4, -0.2) is 33.0 Å². The van der Waals surface area contributed by atoms with Crippen molar-refractivity contribution in [2.75, 3.05) is 0 Å². The lowest BCUT2D eigenvalue weighted by atomic mass is 10.1. The first-order valence-electron chi connectivity index (χ1n) is 5.85. The molecule has 0 radical (unpaired) electrons. The van der Waals surface area contributed by atoms with Crippen molar-refractivity contribution >= 4 is 5.91 Å². The highest BCUT2D eigenvalue weighted by Gasteiger charge is 2.23. The van der Waals surface area contributed by atoms with E-state index in [1.165, 1.54) is 6.20 Å². The lowest BCUT2D eigenvalue weighted by Gasteiger charge is -2.31. The number of hydrogen-bond acceptors (Lipinski definition) is 3. The van der Waals surface area contributed by atoms with Crippen LogP contribution < -0.4 is 0 Å². The van der Waals surface area contributed by atoms with Crippen molar-refractivity contribution in [2.24, 2.45) is 0 Å². The van der Waals surface area contributed by atoms with Gasteiger partial charge in [0.1, 0.15) is 0 Å². The van der Waals surface area contributed by atoms with E-state index in [1.54, 1.807) is 17.2 Å². The monoisotopic (exact) mass is 236 g/mol. The Labute approximate surface area is 102 Å². The first kappa shape index (κ1) is 13.6. The summed E-state index contributed by atoms with van der Waals surface area (Å²) >= 11 is 0. The van der Waals surface area contributed by atoms with Crippen LogP contribution in [0.3, 0.4) is 0 Å². The van der Waals surface area contributed by atoms with E-state index >= 15 is 0 Å². The Bertz CT molecular complexity index is 381. The van der Waals surface area contributed by atoms with Gasteiger partial charge in [0.05, 0.1) is 12.2 Å². The second-order valence-corrected chi connectivity index (χ2v) is 4.59. The van der Waals surface area contributed by atoms with Gasteiger partial charge in [0.2, 0.25) is 0 Å². The first-order valence-corrected chi connectivity index (χ1v) is 5.85. The van der Waals surface area contributed by atoms with Gasteiger partial charge in [-0.3, -0.25) is 9.78 Å². The van der Waals surface area contributed by atoms with E-state index in [2.05, 4.69) is 4.98 Å². The van der Waals surface area contributed by atoms with Gasteiger partial charge in [0, 0.05) is 24.5 Å². The summed E-state index contributed by atoms with van der Waals surface area (Å²) in [4.78, 5) is 18.1. The van der Waals surface area contributed by atoms with Gasteiger partial charge in [-0.2, -0.15) is 0 Å². The van der Waals surface area contributed by atoms with Crippen molar-refractivity contribution in [2.45, 2.75) is 46.4 Å². The zero-order valence-corrected chi connectivity index (χ0v) is 10.8. The molecule has 0 aromatic carbocycles. The third-order valence-corrected chi connectivity index (χ3v) is 2.66. The minimum Gasteiger partial charge on any atom is -0.392 e. The van der Waals surface area contributed by atoms with Gasteiger partial charge in [-0.1, -0.05) is 0 Å². The van der Waals surface area contributed by atoms with Crippen molar-refractivity contribution in [3.8, 4) is 0 Å². The number of aliphatic hydroxyl groups excluding tert-OH is 1. The van der Waals surface area contributed by atoms with E-state index in [9.17, 15) is 9.90 Å². The van der Waals surface area contributed by atoms with Crippen molar-refractivity contribution < 1.29 is 9.90 Å². The van der Waals surface area contributed by atoms with Gasteiger partial charge in [0.15, 0.2) is 0 Å². The fourth-order valence-corrected chi connectivity index (χ4v) is 1.96. The van der Waals surface area contributed by atoms with E-state index in [4.69, 9.17) is 0 Å². The Balaban J connectivity index is 3.09. The molecule has 1 amide bonds. The number of nitrogens with zero attached hydrogens (tertiary/aromatic N) is 2. The second kappa shape index (κ2) is 5.77. The molecule has 4 nitrogen and oxygen atoms in total. The molecule has 0 aliphatic rings. The molecule has 0 saturated carbocycles. The first-order chi connectivity index (χ1) is 7.99. The van der Waals surface area contributed by atoms with E-state index in [-0.39, 0.29) is 24.6 Å². The molecule has 0 spiro atoms. The van der Waals surface area contributed by atoms with Crippen LogP contribution in [-0.2, 0) is 6.61 Å². The molecule has 4 heteroatoms. The predicted molar refractivity (Wildman–Crippen MR) is 66.6 cm³/mol. The zero-order chi connectivity index (χ0) is 13.0. The van der Waals surface area contributed by atoms with Crippen LogP contribution in [0.5, 0.6) is 0 Å². The summed E-state index contributed by atoms with van der Waals surface area (Å²) in [7, 11) is 0. The summed E-state index contributed by atoms with van der Waals surface area (Å²) < 4.78 is 0. The molecule has 17 heavy (non-hydrogen) atoms. The fourth-order valence-electron chi connectivity index (χ4n) is 1.96. The van der Waals surface area contributed by atoms with E-state index < -0.39 is 0 Å². The Morgan fingerprint density at radius 2 is 1.94 bits per heavy atom. The Hall–Kier alpha value is -1.42. The van der Waals surface area contributed by atoms with Gasteiger partial charge >= 0.3 is 0 Å². The van der Waals surface area contributed by atoms with Crippen molar-refractivity contribution in [1.82, 2.24) is 9.88 Å². The average molecular weight is 236 g/mol. The highest BCUT2D eigenvalue weighted by atomic mass is 16.3. The topological polar surface area (TPSA) is 53.4 Å². The maximum atomic E-state index is 12.4. The number of carbonyl (C=O) groups is 1. The molecule has 1 aromatic heterocycles. The summed E-state index contributed by atoms with van der Waals surface area (Å²) in [5.74, 6) is -0.0767. The smallest absolute Gasteiger partial charge is 0.256 e. The minimum atomic E-state index is -0.145. The fraction of sp³-hybridized carbons (Fsp3) is 0.538. The molecule has 0 fully saturated rings. The Morgan fingerprint density at radius 1 is 1.35 bits per heavy atom. The van der Waals surface area contributed by atoms with Crippen molar-refractivity contribution in [1.29, 1.82) is 0 Å². The Kier molecular flexibility index (Phi) is 4.63. The van der Waals surface area contributed by atoms with Gasteiger partial charge in [-0.05, 0) is 39.3 Å². The molecule has 0 aliphatic carbocycles. The van der Waals surface area contributed by atoms with Gasteiger partial charge in [-0.25, -0.2) is 0 Å². The maximum absolute atomic E-state index is 12.4. The molecule has 1 rings (SSSR count). The molecular formula is C13H20N2O2. The van der Waals surface area contributed by atoms with Crippen LogP contribution in [0.25, 0.3) is 0 Å². The van der Waals surface area contributed by atoms with E-state index in [0.717, 1.165) is 0 Å². The number of hydrogen-bond donors (Lipinski definition) is 1. The molecular weight excluding hydrogens is 216 g/mol. The normalized spacial score (nSPS) is 11.0. The summed E-state index contributed by atoms with van der Waals surface area (Å²) in [5, 5.41) is 9.23. The standard InChI is InChI=1S/C13H20N2O2/c1-9(2)15(10(3)4)13(17)12-7-14-6-5-11(12)8-16/h5-7,9-10,16H,8H2,1-4H3. The van der Waals surface area contributed by atoms with Gasteiger partial charge in [-0.15, -0.1) is 0 Å². The van der Waals surface area contributed by atoms with E-state index in [1.807, 2.05) is 27.7 Å². The number of aliphatic hydroxyl groups is 1. The van der Waals surface area contributed by atoms with Crippen LogP contribution in [0.2, 0.25) is 0 Å². The summed E-state index contributed by atoms with van der Waals surface area (Å²) in [6, 6.07) is 1.91. The molecule has 1 N–H and O–H groups in total. The average Bonchev–Trinajstić information content (AvgIpc) is 2.27. The lowest BCUT2D eigenvalue weighted by Crippen LogP contribution is -2.42. The van der Waals surface area contributed by atoms with Crippen LogP contribution >= 0.6 is 0 Å². The maximum Gasteiger partial charge on any atom is 0.256 e. The summed E-state index contributed by atoms with van der Waals surface area (Å²) in [5.41, 5.74) is 1.11. The van der Waals surface area contributed by atoms with Crippen molar-refractivity contribution in [3.63, 3.8) is 0 Å². The summed E-state index contributed by atoms with van der Waals surface area (Å²) in [6.07, 6.45) is 3.10. The van der Waals surface area contributed by atoms with E-state index in [0.29, 0.717) is 11.1 Å². The molecule has 1 heterocycles. The van der Waals surface area contributed by atoms with Crippen molar-refractivity contribution in [3.05, 3.63) is 29.6 Å². The number of rotatable bonds is 4. The quantitative estimate of drug-likeness (QED) is 0.867. The van der Waals surface area contributed by atoms with Crippen LogP contribution in [0.1, 0.15) is 43.6 Å². The largest absolute Gasteiger partial charge is 0.392 e. The van der Waals surface area contributed by atoms with Crippen LogP contribution in [0.15, 0.2) is 18.5 Å². The predicted octanol–water partition coefficient (Wildman–Crippen LogP) is 1.83. The lowest BCUT2D eigenvalue weighted by molar-refractivity contribution is 0.0640. The number of carbonyl (C=O) groups excluding carboxylic acids is 1. The van der Waals surface area contributed by atoms with Gasteiger partial charge in [0.25, 0.3) is 5.91 Å². The highest BCUT2D eigenvalue weighted by Crippen LogP contribution is 2.15. The molecule has 1 aromatic rings. The number of amides is 1. The number of aromatic nitrogens is 1. The SMILES string of the molecule is CC(C)N(C(=O)c1cnccc1CO)C(C)C.